The van der Waals surface area contributed by atoms with Crippen molar-refractivity contribution >= 4 is 37.3 Å². The zero-order valence-electron chi connectivity index (χ0n) is 15.2. The fourth-order valence-corrected chi connectivity index (χ4v) is 6.81. The maximum Gasteiger partial charge on any atom is 0.263 e. The standard InChI is InChI=1S/C16H19N3O7S3/c1-28(23,24)18-8-9-19(13(10-18)16(21)17-22)29(25,26)15-7-6-14(27-15)11-2-4-12(20)5-3-11/h2-7,13,20,22H,8-10H2,1H3,(H,17,21)/t13-/m1/s1. The Balaban J connectivity index is 1.93. The number of amides is 1. The van der Waals surface area contributed by atoms with E-state index in [1.165, 1.54) is 23.7 Å². The topological polar surface area (TPSA) is 144 Å². The van der Waals surface area contributed by atoms with Crippen LogP contribution in [0, 0.1) is 0 Å². The molecule has 3 N–H and O–H groups in total. The summed E-state index contributed by atoms with van der Waals surface area (Å²) in [7, 11) is -7.76. The van der Waals surface area contributed by atoms with Crippen molar-refractivity contribution in [2.75, 3.05) is 25.9 Å². The van der Waals surface area contributed by atoms with E-state index in [4.69, 9.17) is 5.21 Å². The van der Waals surface area contributed by atoms with Crippen molar-refractivity contribution in [3.8, 4) is 16.2 Å². The molecule has 0 radical (unpaired) electrons. The van der Waals surface area contributed by atoms with Gasteiger partial charge in [-0.25, -0.2) is 22.3 Å². The molecule has 1 amide bonds. The van der Waals surface area contributed by atoms with Crippen LogP contribution in [-0.4, -0.2) is 73.6 Å². The van der Waals surface area contributed by atoms with Gasteiger partial charge in [0.2, 0.25) is 10.0 Å². The number of rotatable bonds is 5. The summed E-state index contributed by atoms with van der Waals surface area (Å²) in [4.78, 5) is 12.7. The van der Waals surface area contributed by atoms with Gasteiger partial charge in [0.15, 0.2) is 0 Å². The Bertz CT molecular complexity index is 1110. The van der Waals surface area contributed by atoms with Crippen LogP contribution in [-0.2, 0) is 24.8 Å². The number of phenols is 1. The lowest BCUT2D eigenvalue weighted by Gasteiger charge is -2.37. The number of hydrogen-bond acceptors (Lipinski definition) is 8. The Kier molecular flexibility index (Phi) is 5.98. The number of hydrogen-bond donors (Lipinski definition) is 3. The highest BCUT2D eigenvalue weighted by atomic mass is 32.2. The van der Waals surface area contributed by atoms with Gasteiger partial charge in [-0.05, 0) is 42.0 Å². The molecule has 0 unspecified atom stereocenters. The van der Waals surface area contributed by atoms with Crippen LogP contribution in [0.15, 0.2) is 40.6 Å². The maximum atomic E-state index is 13.1. The summed E-state index contributed by atoms with van der Waals surface area (Å²) in [6, 6.07) is 7.85. The van der Waals surface area contributed by atoms with E-state index in [1.54, 1.807) is 18.2 Å². The van der Waals surface area contributed by atoms with E-state index in [-0.39, 0.29) is 23.0 Å². The molecule has 1 saturated heterocycles. The fraction of sp³-hybridized carbons (Fsp3) is 0.312. The summed E-state index contributed by atoms with van der Waals surface area (Å²) in [6.07, 6.45) is 0.967. The second-order valence-corrected chi connectivity index (χ2v) is 11.6. The van der Waals surface area contributed by atoms with E-state index in [1.807, 2.05) is 0 Å². The van der Waals surface area contributed by atoms with E-state index in [2.05, 4.69) is 0 Å². The number of benzene rings is 1. The number of sulfonamides is 2. The number of hydroxylamine groups is 1. The van der Waals surface area contributed by atoms with Crippen LogP contribution in [0.5, 0.6) is 5.75 Å². The van der Waals surface area contributed by atoms with Gasteiger partial charge in [0.1, 0.15) is 16.0 Å². The maximum absolute atomic E-state index is 13.1. The number of piperazine rings is 1. The SMILES string of the molecule is CS(=O)(=O)N1CCN(S(=O)(=O)c2ccc(-c3ccc(O)cc3)s2)[C@@H](C(=O)NO)C1. The first-order valence-corrected chi connectivity index (χ1v) is 12.4. The molecule has 1 aromatic carbocycles. The largest absolute Gasteiger partial charge is 0.508 e. The first-order valence-electron chi connectivity index (χ1n) is 8.34. The van der Waals surface area contributed by atoms with Crippen LogP contribution < -0.4 is 5.48 Å². The Morgan fingerprint density at radius 1 is 1.10 bits per heavy atom. The van der Waals surface area contributed by atoms with Crippen molar-refractivity contribution in [2.45, 2.75) is 10.3 Å². The quantitative estimate of drug-likeness (QED) is 0.428. The summed E-state index contributed by atoms with van der Waals surface area (Å²) in [5.41, 5.74) is 2.12. The van der Waals surface area contributed by atoms with E-state index >= 15 is 0 Å². The van der Waals surface area contributed by atoms with Crippen molar-refractivity contribution in [3.05, 3.63) is 36.4 Å². The first kappa shape index (κ1) is 21.7. The van der Waals surface area contributed by atoms with Crippen LogP contribution in [0.25, 0.3) is 10.4 Å². The number of nitrogens with zero attached hydrogens (tertiary/aromatic N) is 2. The van der Waals surface area contributed by atoms with Crippen molar-refractivity contribution < 1.29 is 31.9 Å². The van der Waals surface area contributed by atoms with Gasteiger partial charge in [-0.3, -0.25) is 10.0 Å². The molecule has 1 aliphatic rings. The lowest BCUT2D eigenvalue weighted by atomic mass is 10.2. The average molecular weight is 462 g/mol. The van der Waals surface area contributed by atoms with Gasteiger partial charge in [-0.15, -0.1) is 11.3 Å². The third-order valence-corrected chi connectivity index (χ3v) is 9.25. The van der Waals surface area contributed by atoms with Crippen LogP contribution in [0.4, 0.5) is 0 Å². The van der Waals surface area contributed by atoms with Gasteiger partial charge < -0.3 is 5.11 Å². The van der Waals surface area contributed by atoms with E-state index in [0.717, 1.165) is 26.2 Å². The lowest BCUT2D eigenvalue weighted by molar-refractivity contribution is -0.134. The highest BCUT2D eigenvalue weighted by Gasteiger charge is 2.42. The van der Waals surface area contributed by atoms with Crippen molar-refractivity contribution in [3.63, 3.8) is 0 Å². The highest BCUT2D eigenvalue weighted by Crippen LogP contribution is 2.34. The molecular weight excluding hydrogens is 442 g/mol. The smallest absolute Gasteiger partial charge is 0.263 e. The predicted molar refractivity (Wildman–Crippen MR) is 105 cm³/mol. The molecule has 1 atom stereocenters. The molecular formula is C16H19N3O7S3. The Morgan fingerprint density at radius 3 is 2.34 bits per heavy atom. The van der Waals surface area contributed by atoms with Gasteiger partial charge in [-0.2, -0.15) is 8.61 Å². The van der Waals surface area contributed by atoms with Crippen LogP contribution in [0.2, 0.25) is 0 Å². The summed E-state index contributed by atoms with van der Waals surface area (Å²) in [5.74, 6) is -0.933. The Hall–Kier alpha value is -2.03. The fourth-order valence-electron chi connectivity index (χ4n) is 2.97. The molecule has 3 rings (SSSR count). The van der Waals surface area contributed by atoms with Crippen molar-refractivity contribution in [2.24, 2.45) is 0 Å². The molecule has 13 heteroatoms. The zero-order valence-corrected chi connectivity index (χ0v) is 17.7. The van der Waals surface area contributed by atoms with Crippen molar-refractivity contribution in [1.29, 1.82) is 0 Å². The van der Waals surface area contributed by atoms with E-state index in [0.29, 0.717) is 10.4 Å². The number of carbonyl (C=O) groups excluding carboxylic acids is 1. The molecule has 29 heavy (non-hydrogen) atoms. The van der Waals surface area contributed by atoms with Crippen LogP contribution in [0.3, 0.4) is 0 Å². The molecule has 2 heterocycles. The summed E-state index contributed by atoms with van der Waals surface area (Å²) in [6.45, 7) is -0.746. The zero-order chi connectivity index (χ0) is 21.4. The molecule has 0 aliphatic carbocycles. The number of aromatic hydroxyl groups is 1. The van der Waals surface area contributed by atoms with Gasteiger partial charge in [0.25, 0.3) is 15.9 Å². The minimum atomic E-state index is -4.12. The van der Waals surface area contributed by atoms with Crippen molar-refractivity contribution in [1.82, 2.24) is 14.1 Å². The second kappa shape index (κ2) is 8.01. The Labute approximate surface area is 172 Å². The van der Waals surface area contributed by atoms with Gasteiger partial charge in [0, 0.05) is 24.5 Å². The van der Waals surface area contributed by atoms with Crippen LogP contribution in [0.1, 0.15) is 0 Å². The number of carbonyl (C=O) groups is 1. The summed E-state index contributed by atoms with van der Waals surface area (Å²) in [5, 5.41) is 18.4. The molecule has 10 nitrogen and oxygen atoms in total. The molecule has 0 bridgehead atoms. The molecule has 0 spiro atoms. The van der Waals surface area contributed by atoms with E-state index < -0.39 is 38.5 Å². The normalized spacial score (nSPS) is 19.2. The third kappa shape index (κ3) is 4.44. The molecule has 0 saturated carbocycles. The van der Waals surface area contributed by atoms with E-state index in [9.17, 15) is 26.7 Å². The molecule has 1 aliphatic heterocycles. The number of nitrogens with one attached hydrogen (secondary N) is 1. The summed E-state index contributed by atoms with van der Waals surface area (Å²) < 4.78 is 51.7. The molecule has 158 valence electrons. The minimum absolute atomic E-state index is 0.0240. The molecule has 1 fully saturated rings. The van der Waals surface area contributed by atoms with Gasteiger partial charge in [0.05, 0.1) is 6.26 Å². The minimum Gasteiger partial charge on any atom is -0.508 e. The first-order chi connectivity index (χ1) is 13.5. The highest BCUT2D eigenvalue weighted by molar-refractivity contribution is 7.91. The monoisotopic (exact) mass is 461 g/mol. The third-order valence-electron chi connectivity index (χ3n) is 4.47. The van der Waals surface area contributed by atoms with Gasteiger partial charge in [-0.1, -0.05) is 0 Å². The Morgan fingerprint density at radius 2 is 1.76 bits per heavy atom. The molecule has 1 aromatic heterocycles. The predicted octanol–water partition coefficient (Wildman–Crippen LogP) is 0.261. The van der Waals surface area contributed by atoms with Crippen LogP contribution >= 0.6 is 11.3 Å². The second-order valence-electron chi connectivity index (χ2n) is 6.39. The number of phenolic OH excluding ortho intramolecular Hbond substituents is 1. The lowest BCUT2D eigenvalue weighted by Crippen LogP contribution is -2.60. The average Bonchev–Trinajstić information content (AvgIpc) is 3.18. The van der Waals surface area contributed by atoms with Gasteiger partial charge >= 0.3 is 0 Å². The number of thiophene rings is 1. The summed E-state index contributed by atoms with van der Waals surface area (Å²) >= 11 is 0.983. The molecule has 2 aromatic rings.